The van der Waals surface area contributed by atoms with E-state index in [1.807, 2.05) is 36.4 Å². The van der Waals surface area contributed by atoms with Gasteiger partial charge in [-0.15, -0.1) is 0 Å². The molecule has 0 aliphatic rings. The standard InChI is InChI=1S/C26H33FO4/c1-4-5-6-7-22-12-13-23(16-25(22)27)20-8-10-21(11-9-20)24(14-15-30-3)18-31-26(29)19(2)17-28/h8-13,16,24,28H,2,4-7,14-15,17-18H2,1,3H3. The lowest BCUT2D eigenvalue weighted by molar-refractivity contribution is -0.140. The highest BCUT2D eigenvalue weighted by Gasteiger charge is 2.16. The number of ether oxygens (including phenoxy) is 2. The number of halogens is 1. The van der Waals surface area contributed by atoms with Crippen LogP contribution in [0.5, 0.6) is 0 Å². The molecule has 31 heavy (non-hydrogen) atoms. The average molecular weight is 429 g/mol. The fraction of sp³-hybridized carbons (Fsp3) is 0.423. The summed E-state index contributed by atoms with van der Waals surface area (Å²) in [6, 6.07) is 13.3. The Bertz CT molecular complexity index is 845. The Labute approximate surface area is 184 Å². The van der Waals surface area contributed by atoms with Gasteiger partial charge in [0, 0.05) is 19.6 Å². The number of unbranched alkanes of at least 4 members (excludes halogenated alkanes) is 2. The number of methoxy groups -OCH3 is 1. The number of aryl methyl sites for hydroxylation is 1. The molecule has 0 radical (unpaired) electrons. The lowest BCUT2D eigenvalue weighted by Gasteiger charge is -2.18. The molecule has 0 spiro atoms. The summed E-state index contributed by atoms with van der Waals surface area (Å²) in [5, 5.41) is 9.01. The Hall–Kier alpha value is -2.50. The second-order valence-electron chi connectivity index (χ2n) is 7.72. The van der Waals surface area contributed by atoms with Gasteiger partial charge in [0.1, 0.15) is 5.82 Å². The fourth-order valence-corrected chi connectivity index (χ4v) is 3.39. The minimum Gasteiger partial charge on any atom is -0.462 e. The van der Waals surface area contributed by atoms with Crippen molar-refractivity contribution in [1.82, 2.24) is 0 Å². The molecule has 1 atom stereocenters. The zero-order valence-corrected chi connectivity index (χ0v) is 18.5. The van der Waals surface area contributed by atoms with Crippen LogP contribution < -0.4 is 0 Å². The molecular formula is C26H33FO4. The minimum atomic E-state index is -0.601. The van der Waals surface area contributed by atoms with E-state index < -0.39 is 12.6 Å². The molecule has 0 saturated carbocycles. The van der Waals surface area contributed by atoms with Crippen molar-refractivity contribution in [2.75, 3.05) is 26.9 Å². The second-order valence-corrected chi connectivity index (χ2v) is 7.72. The molecule has 0 fully saturated rings. The van der Waals surface area contributed by atoms with Crippen molar-refractivity contribution in [3.05, 3.63) is 71.6 Å². The van der Waals surface area contributed by atoms with Crippen molar-refractivity contribution >= 4 is 5.97 Å². The van der Waals surface area contributed by atoms with Crippen molar-refractivity contribution < 1.29 is 23.8 Å². The van der Waals surface area contributed by atoms with E-state index in [9.17, 15) is 9.18 Å². The molecule has 1 N–H and O–H groups in total. The highest BCUT2D eigenvalue weighted by Crippen LogP contribution is 2.27. The van der Waals surface area contributed by atoms with E-state index in [2.05, 4.69) is 13.5 Å². The predicted octanol–water partition coefficient (Wildman–Crippen LogP) is 5.44. The van der Waals surface area contributed by atoms with Crippen LogP contribution in [0.2, 0.25) is 0 Å². The molecule has 5 heteroatoms. The number of carbonyl (C=O) groups excluding carboxylic acids is 1. The van der Waals surface area contributed by atoms with Gasteiger partial charge in [0.25, 0.3) is 0 Å². The summed E-state index contributed by atoms with van der Waals surface area (Å²) in [5.41, 5.74) is 3.56. The largest absolute Gasteiger partial charge is 0.462 e. The maximum Gasteiger partial charge on any atom is 0.335 e. The quantitative estimate of drug-likeness (QED) is 0.262. The molecule has 0 saturated heterocycles. The summed E-state index contributed by atoms with van der Waals surface area (Å²) in [7, 11) is 1.63. The predicted molar refractivity (Wildman–Crippen MR) is 121 cm³/mol. The molecular weight excluding hydrogens is 395 g/mol. The third-order valence-corrected chi connectivity index (χ3v) is 5.38. The normalized spacial score (nSPS) is 11.9. The zero-order chi connectivity index (χ0) is 22.6. The van der Waals surface area contributed by atoms with Gasteiger partial charge < -0.3 is 14.6 Å². The molecule has 0 amide bonds. The summed E-state index contributed by atoms with van der Waals surface area (Å²) < 4.78 is 25.0. The van der Waals surface area contributed by atoms with Crippen molar-refractivity contribution in [3.8, 4) is 11.1 Å². The number of hydrogen-bond donors (Lipinski definition) is 1. The number of esters is 1. The molecule has 0 aromatic heterocycles. The van der Waals surface area contributed by atoms with E-state index in [0.29, 0.717) is 13.0 Å². The molecule has 4 nitrogen and oxygen atoms in total. The van der Waals surface area contributed by atoms with Crippen molar-refractivity contribution in [2.24, 2.45) is 0 Å². The Morgan fingerprint density at radius 1 is 1.13 bits per heavy atom. The van der Waals surface area contributed by atoms with E-state index in [1.165, 1.54) is 0 Å². The van der Waals surface area contributed by atoms with Gasteiger partial charge >= 0.3 is 5.97 Å². The lowest BCUT2D eigenvalue weighted by atomic mass is 9.94. The number of rotatable bonds is 13. The Balaban J connectivity index is 2.10. The van der Waals surface area contributed by atoms with Crippen LogP contribution in [0.15, 0.2) is 54.6 Å². The van der Waals surface area contributed by atoms with Gasteiger partial charge in [-0.2, -0.15) is 0 Å². The van der Waals surface area contributed by atoms with Crippen LogP contribution in [-0.2, 0) is 20.7 Å². The fourth-order valence-electron chi connectivity index (χ4n) is 3.39. The highest BCUT2D eigenvalue weighted by atomic mass is 19.1. The van der Waals surface area contributed by atoms with Gasteiger partial charge in [-0.25, -0.2) is 9.18 Å². The van der Waals surface area contributed by atoms with Crippen LogP contribution in [0, 0.1) is 5.82 Å². The van der Waals surface area contributed by atoms with Crippen LogP contribution in [-0.4, -0.2) is 38.0 Å². The van der Waals surface area contributed by atoms with Crippen LogP contribution in [0.4, 0.5) is 4.39 Å². The maximum atomic E-state index is 14.5. The van der Waals surface area contributed by atoms with Crippen LogP contribution in [0.3, 0.4) is 0 Å². The SMILES string of the molecule is C=C(CO)C(=O)OCC(CCOC)c1ccc(-c2ccc(CCCCC)c(F)c2)cc1. The molecule has 0 aliphatic carbocycles. The Kier molecular flexibility index (Phi) is 10.4. The molecule has 1 unspecified atom stereocenters. The van der Waals surface area contributed by atoms with E-state index >= 15 is 0 Å². The molecule has 2 rings (SSSR count). The molecule has 168 valence electrons. The summed E-state index contributed by atoms with van der Waals surface area (Å²) in [6.45, 7) is 5.89. The van der Waals surface area contributed by atoms with Crippen molar-refractivity contribution in [2.45, 2.75) is 44.9 Å². The summed E-state index contributed by atoms with van der Waals surface area (Å²) in [5.74, 6) is -0.815. The van der Waals surface area contributed by atoms with E-state index in [0.717, 1.165) is 47.9 Å². The number of hydrogen-bond acceptors (Lipinski definition) is 4. The number of aliphatic hydroxyl groups is 1. The van der Waals surface area contributed by atoms with Gasteiger partial charge in [0.2, 0.25) is 0 Å². The smallest absolute Gasteiger partial charge is 0.335 e. The molecule has 0 heterocycles. The van der Waals surface area contributed by atoms with Crippen LogP contribution in [0.1, 0.15) is 49.7 Å². The van der Waals surface area contributed by atoms with Gasteiger partial charge in [-0.3, -0.25) is 0 Å². The molecule has 2 aromatic rings. The van der Waals surface area contributed by atoms with Gasteiger partial charge in [-0.1, -0.05) is 62.7 Å². The first-order valence-corrected chi connectivity index (χ1v) is 10.8. The third kappa shape index (κ3) is 7.60. The van der Waals surface area contributed by atoms with E-state index in [1.54, 1.807) is 13.2 Å². The number of carbonyl (C=O) groups is 1. The third-order valence-electron chi connectivity index (χ3n) is 5.38. The topological polar surface area (TPSA) is 55.8 Å². The number of aliphatic hydroxyl groups excluding tert-OH is 1. The number of benzene rings is 2. The van der Waals surface area contributed by atoms with E-state index in [-0.39, 0.29) is 23.9 Å². The monoisotopic (exact) mass is 428 g/mol. The first-order valence-electron chi connectivity index (χ1n) is 10.8. The van der Waals surface area contributed by atoms with Gasteiger partial charge in [0.15, 0.2) is 0 Å². The zero-order valence-electron chi connectivity index (χ0n) is 18.5. The molecule has 0 aliphatic heterocycles. The van der Waals surface area contributed by atoms with E-state index in [4.69, 9.17) is 14.6 Å². The van der Waals surface area contributed by atoms with Crippen molar-refractivity contribution in [1.29, 1.82) is 0 Å². The van der Waals surface area contributed by atoms with Crippen LogP contribution >= 0.6 is 0 Å². The second kappa shape index (κ2) is 13.0. The summed E-state index contributed by atoms with van der Waals surface area (Å²) in [4.78, 5) is 11.8. The first kappa shape index (κ1) is 24.8. The summed E-state index contributed by atoms with van der Waals surface area (Å²) in [6.07, 6.45) is 4.67. The molecule has 0 bridgehead atoms. The van der Waals surface area contributed by atoms with Crippen LogP contribution in [0.25, 0.3) is 11.1 Å². The Morgan fingerprint density at radius 2 is 1.84 bits per heavy atom. The van der Waals surface area contributed by atoms with Gasteiger partial charge in [-0.05, 0) is 47.6 Å². The molecule has 2 aromatic carbocycles. The maximum absolute atomic E-state index is 14.5. The average Bonchev–Trinajstić information content (AvgIpc) is 2.79. The lowest BCUT2D eigenvalue weighted by Crippen LogP contribution is -2.16. The van der Waals surface area contributed by atoms with Gasteiger partial charge in [0.05, 0.1) is 18.8 Å². The van der Waals surface area contributed by atoms with Crippen molar-refractivity contribution in [3.63, 3.8) is 0 Å². The minimum absolute atomic E-state index is 0.0287. The first-order chi connectivity index (χ1) is 15.0. The summed E-state index contributed by atoms with van der Waals surface area (Å²) >= 11 is 0. The highest BCUT2D eigenvalue weighted by molar-refractivity contribution is 5.87. The Morgan fingerprint density at radius 3 is 2.45 bits per heavy atom.